The van der Waals surface area contributed by atoms with E-state index in [0.29, 0.717) is 11.8 Å². The van der Waals surface area contributed by atoms with Gasteiger partial charge in [0.15, 0.2) is 0 Å². The highest BCUT2D eigenvalue weighted by molar-refractivity contribution is 5.63. The Bertz CT molecular complexity index is 555. The number of allylic oxidation sites excluding steroid dienone is 5. The average molecular weight is 266 g/mol. The minimum Gasteiger partial charge on any atom is -0.396 e. The first-order valence-corrected chi connectivity index (χ1v) is 7.49. The molecule has 20 heavy (non-hydrogen) atoms. The summed E-state index contributed by atoms with van der Waals surface area (Å²) in [7, 11) is 0. The molecule has 0 spiro atoms. The molecule has 104 valence electrons. The summed E-state index contributed by atoms with van der Waals surface area (Å²) >= 11 is 0. The van der Waals surface area contributed by atoms with E-state index >= 15 is 0 Å². The molecule has 0 saturated heterocycles. The Hall–Kier alpha value is -1.60. The Morgan fingerprint density at radius 1 is 1.10 bits per heavy atom. The SMILES string of the molecule is CC(CCCO)(C1C=CC=C1)C1C=Cc2ccccc21. The van der Waals surface area contributed by atoms with Crippen LogP contribution in [-0.2, 0) is 0 Å². The molecule has 0 fully saturated rings. The van der Waals surface area contributed by atoms with Crippen LogP contribution in [0.3, 0.4) is 0 Å². The molecule has 0 amide bonds. The van der Waals surface area contributed by atoms with Crippen LogP contribution in [0.5, 0.6) is 0 Å². The number of aliphatic hydroxyl groups is 1. The molecule has 1 N–H and O–H groups in total. The number of fused-ring (bicyclic) bond motifs is 1. The van der Waals surface area contributed by atoms with Crippen molar-refractivity contribution in [2.45, 2.75) is 25.7 Å². The highest BCUT2D eigenvalue weighted by Crippen LogP contribution is 2.51. The first kappa shape index (κ1) is 13.4. The fourth-order valence-corrected chi connectivity index (χ4v) is 3.69. The maximum atomic E-state index is 9.26. The van der Waals surface area contributed by atoms with Gasteiger partial charge in [0.1, 0.15) is 0 Å². The third-order valence-corrected chi connectivity index (χ3v) is 4.89. The van der Waals surface area contributed by atoms with Crippen LogP contribution in [0.2, 0.25) is 0 Å². The van der Waals surface area contributed by atoms with Crippen LogP contribution < -0.4 is 0 Å². The van der Waals surface area contributed by atoms with E-state index in [9.17, 15) is 5.11 Å². The molecule has 2 unspecified atom stereocenters. The number of hydrogen-bond donors (Lipinski definition) is 1. The van der Waals surface area contributed by atoms with Gasteiger partial charge in [-0.1, -0.05) is 67.6 Å². The van der Waals surface area contributed by atoms with Crippen molar-refractivity contribution >= 4 is 6.08 Å². The van der Waals surface area contributed by atoms with Gasteiger partial charge in [-0.15, -0.1) is 0 Å². The quantitative estimate of drug-likeness (QED) is 0.841. The van der Waals surface area contributed by atoms with Crippen LogP contribution in [-0.4, -0.2) is 11.7 Å². The maximum absolute atomic E-state index is 9.26. The van der Waals surface area contributed by atoms with Crippen molar-refractivity contribution in [3.8, 4) is 0 Å². The van der Waals surface area contributed by atoms with Crippen LogP contribution in [0.1, 0.15) is 36.8 Å². The van der Waals surface area contributed by atoms with E-state index in [1.54, 1.807) is 0 Å². The zero-order valence-electron chi connectivity index (χ0n) is 12.0. The standard InChI is InChI=1S/C19H22O/c1-19(13-6-14-20,16-8-3-4-9-16)18-12-11-15-7-2-5-10-17(15)18/h2-5,7-12,16,18,20H,6,13-14H2,1H3. The molecule has 0 saturated carbocycles. The molecule has 2 atom stereocenters. The lowest BCUT2D eigenvalue weighted by molar-refractivity contribution is 0.183. The Morgan fingerprint density at radius 3 is 2.60 bits per heavy atom. The summed E-state index contributed by atoms with van der Waals surface area (Å²) in [5, 5.41) is 9.26. The fraction of sp³-hybridized carbons (Fsp3) is 0.368. The Balaban J connectivity index is 1.96. The lowest BCUT2D eigenvalue weighted by Crippen LogP contribution is -2.31. The lowest BCUT2D eigenvalue weighted by Gasteiger charge is -2.39. The van der Waals surface area contributed by atoms with Crippen molar-refractivity contribution in [1.29, 1.82) is 0 Å². The molecule has 1 nitrogen and oxygen atoms in total. The van der Waals surface area contributed by atoms with Gasteiger partial charge in [0.05, 0.1) is 0 Å². The van der Waals surface area contributed by atoms with E-state index in [4.69, 9.17) is 0 Å². The summed E-state index contributed by atoms with van der Waals surface area (Å²) in [6, 6.07) is 8.68. The lowest BCUT2D eigenvalue weighted by atomic mass is 9.64. The minimum absolute atomic E-state index is 0.134. The predicted molar refractivity (Wildman–Crippen MR) is 84.4 cm³/mol. The zero-order chi connectivity index (χ0) is 14.0. The van der Waals surface area contributed by atoms with Gasteiger partial charge >= 0.3 is 0 Å². The van der Waals surface area contributed by atoms with E-state index in [2.05, 4.69) is 67.6 Å². The fourth-order valence-electron chi connectivity index (χ4n) is 3.69. The second-order valence-corrected chi connectivity index (χ2v) is 6.09. The maximum Gasteiger partial charge on any atom is 0.0431 e. The summed E-state index contributed by atoms with van der Waals surface area (Å²) in [5.41, 5.74) is 2.91. The minimum atomic E-state index is 0.134. The molecular formula is C19H22O. The first-order valence-electron chi connectivity index (χ1n) is 7.49. The van der Waals surface area contributed by atoms with Crippen LogP contribution in [0.4, 0.5) is 0 Å². The number of benzene rings is 1. The molecule has 3 rings (SSSR count). The van der Waals surface area contributed by atoms with E-state index in [1.165, 1.54) is 11.1 Å². The number of rotatable bonds is 5. The second-order valence-electron chi connectivity index (χ2n) is 6.09. The molecule has 2 aliphatic carbocycles. The third kappa shape index (κ3) is 2.16. The molecule has 1 aromatic rings. The van der Waals surface area contributed by atoms with Gasteiger partial charge in [0.2, 0.25) is 0 Å². The third-order valence-electron chi connectivity index (χ3n) is 4.89. The van der Waals surface area contributed by atoms with Crippen molar-refractivity contribution in [2.75, 3.05) is 6.61 Å². The Labute approximate surface area is 121 Å². The summed E-state index contributed by atoms with van der Waals surface area (Å²) in [4.78, 5) is 0. The van der Waals surface area contributed by atoms with Gasteiger partial charge in [-0.2, -0.15) is 0 Å². The molecular weight excluding hydrogens is 244 g/mol. The van der Waals surface area contributed by atoms with Crippen molar-refractivity contribution in [2.24, 2.45) is 11.3 Å². The van der Waals surface area contributed by atoms with Crippen molar-refractivity contribution in [1.82, 2.24) is 0 Å². The largest absolute Gasteiger partial charge is 0.396 e. The molecule has 0 aliphatic heterocycles. The van der Waals surface area contributed by atoms with Crippen LogP contribution in [0.15, 0.2) is 54.6 Å². The molecule has 0 radical (unpaired) electrons. The van der Waals surface area contributed by atoms with E-state index in [1.807, 2.05) is 0 Å². The molecule has 2 aliphatic rings. The van der Waals surface area contributed by atoms with Gasteiger partial charge in [-0.05, 0) is 29.4 Å². The average Bonchev–Trinajstić information content (AvgIpc) is 3.14. The van der Waals surface area contributed by atoms with Gasteiger partial charge < -0.3 is 5.11 Å². The smallest absolute Gasteiger partial charge is 0.0431 e. The van der Waals surface area contributed by atoms with E-state index in [0.717, 1.165) is 12.8 Å². The molecule has 0 heterocycles. The number of hydrogen-bond acceptors (Lipinski definition) is 1. The summed E-state index contributed by atoms with van der Waals surface area (Å²) < 4.78 is 0. The van der Waals surface area contributed by atoms with Crippen LogP contribution >= 0.6 is 0 Å². The van der Waals surface area contributed by atoms with Crippen molar-refractivity contribution < 1.29 is 5.11 Å². The summed E-state index contributed by atoms with van der Waals surface area (Å²) in [6.07, 6.45) is 15.4. The molecule has 0 bridgehead atoms. The Morgan fingerprint density at radius 2 is 1.85 bits per heavy atom. The highest BCUT2D eigenvalue weighted by Gasteiger charge is 2.40. The van der Waals surface area contributed by atoms with Gasteiger partial charge in [-0.3, -0.25) is 0 Å². The molecule has 1 heteroatoms. The molecule has 0 aromatic heterocycles. The van der Waals surface area contributed by atoms with Gasteiger partial charge in [0, 0.05) is 18.4 Å². The predicted octanol–water partition coefficient (Wildman–Crippen LogP) is 4.32. The summed E-state index contributed by atoms with van der Waals surface area (Å²) in [5.74, 6) is 0.887. The van der Waals surface area contributed by atoms with Crippen LogP contribution in [0, 0.1) is 11.3 Å². The number of aliphatic hydroxyl groups excluding tert-OH is 1. The summed E-state index contributed by atoms with van der Waals surface area (Å²) in [6.45, 7) is 2.64. The van der Waals surface area contributed by atoms with E-state index in [-0.39, 0.29) is 12.0 Å². The first-order chi connectivity index (χ1) is 9.75. The Kier molecular flexibility index (Phi) is 3.62. The molecule has 1 aromatic carbocycles. The van der Waals surface area contributed by atoms with E-state index < -0.39 is 0 Å². The van der Waals surface area contributed by atoms with Gasteiger partial charge in [0.25, 0.3) is 0 Å². The van der Waals surface area contributed by atoms with Crippen LogP contribution in [0.25, 0.3) is 6.08 Å². The monoisotopic (exact) mass is 266 g/mol. The highest BCUT2D eigenvalue weighted by atomic mass is 16.2. The zero-order valence-corrected chi connectivity index (χ0v) is 12.0. The normalized spacial score (nSPS) is 23.2. The van der Waals surface area contributed by atoms with Crippen molar-refractivity contribution in [3.63, 3.8) is 0 Å². The van der Waals surface area contributed by atoms with Gasteiger partial charge in [-0.25, -0.2) is 0 Å². The topological polar surface area (TPSA) is 20.2 Å². The second kappa shape index (κ2) is 5.41. The van der Waals surface area contributed by atoms with Crippen molar-refractivity contribution in [3.05, 3.63) is 65.8 Å².